The predicted molar refractivity (Wildman–Crippen MR) is 185 cm³/mol. The number of H-pyrrole nitrogens is 2. The molecule has 0 amide bonds. The molecular weight excluding hydrogens is 644 g/mol. The Hall–Kier alpha value is -6.21. The van der Waals surface area contributed by atoms with Gasteiger partial charge in [0.15, 0.2) is 6.29 Å². The van der Waals surface area contributed by atoms with Gasteiger partial charge in [-0.2, -0.15) is 10.2 Å². The summed E-state index contributed by atoms with van der Waals surface area (Å²) in [4.78, 5) is 37.1. The van der Waals surface area contributed by atoms with Crippen molar-refractivity contribution in [2.75, 3.05) is 35.5 Å². The molecule has 0 unspecified atom stereocenters. The normalized spacial score (nSPS) is 10.7. The van der Waals surface area contributed by atoms with E-state index < -0.39 is 0 Å². The van der Waals surface area contributed by atoms with Crippen molar-refractivity contribution in [2.45, 2.75) is 20.0 Å². The zero-order valence-corrected chi connectivity index (χ0v) is 28.4. The van der Waals surface area contributed by atoms with E-state index in [-0.39, 0.29) is 40.9 Å². The van der Waals surface area contributed by atoms with Crippen LogP contribution in [0.25, 0.3) is 21.8 Å². The fraction of sp³-hybridized carbons (Fsp3) is 0.216. The number of carbonyl (C=O) groups excluding carboxylic acids is 3. The maximum absolute atomic E-state index is 13.0. The first kappa shape index (κ1) is 35.1. The van der Waals surface area contributed by atoms with Gasteiger partial charge in [0.25, 0.3) is 0 Å². The second-order valence-corrected chi connectivity index (χ2v) is 10.9. The number of nitrogens with zero attached hydrogens (tertiary/aromatic N) is 2. The number of fused-ring (bicyclic) bond motifs is 2. The molecule has 2 aromatic heterocycles. The van der Waals surface area contributed by atoms with Gasteiger partial charge in [0.05, 0.1) is 64.3 Å². The number of rotatable bonds is 12. The summed E-state index contributed by atoms with van der Waals surface area (Å²) >= 11 is 0. The van der Waals surface area contributed by atoms with Gasteiger partial charge < -0.3 is 28.8 Å². The average Bonchev–Trinajstić information content (AvgIpc) is 3.79. The van der Waals surface area contributed by atoms with Gasteiger partial charge in [0.2, 0.25) is 11.6 Å². The van der Waals surface area contributed by atoms with E-state index in [9.17, 15) is 19.5 Å². The van der Waals surface area contributed by atoms with Crippen molar-refractivity contribution < 1.29 is 43.2 Å². The van der Waals surface area contributed by atoms with Crippen LogP contribution in [0.4, 0.5) is 0 Å². The highest BCUT2D eigenvalue weighted by Gasteiger charge is 2.22. The topological polar surface area (TPSA) is 175 Å². The number of ketones is 2. The van der Waals surface area contributed by atoms with E-state index in [0.717, 1.165) is 17.3 Å². The molecule has 0 saturated carbocycles. The third kappa shape index (κ3) is 6.71. The maximum Gasteiger partial charge on any atom is 0.214 e. The number of hydrogen-bond donors (Lipinski definition) is 3. The number of aliphatic hydroxyl groups excluding tert-OH is 1. The van der Waals surface area contributed by atoms with E-state index in [2.05, 4.69) is 27.3 Å². The summed E-state index contributed by atoms with van der Waals surface area (Å²) in [7, 11) is 7.38. The number of ether oxygens (including phenoxy) is 5. The summed E-state index contributed by atoms with van der Waals surface area (Å²) in [6.45, 7) is 1.83. The van der Waals surface area contributed by atoms with Crippen LogP contribution < -0.4 is 23.7 Å². The van der Waals surface area contributed by atoms with Crippen LogP contribution in [0.5, 0.6) is 28.7 Å². The zero-order chi connectivity index (χ0) is 35.9. The fourth-order valence-corrected chi connectivity index (χ4v) is 5.49. The summed E-state index contributed by atoms with van der Waals surface area (Å²) in [5.74, 6) is 1.44. The molecule has 0 saturated heterocycles. The van der Waals surface area contributed by atoms with Crippen LogP contribution in [-0.4, -0.2) is 78.9 Å². The second kappa shape index (κ2) is 15.3. The molecule has 2 heterocycles. The van der Waals surface area contributed by atoms with E-state index >= 15 is 0 Å². The van der Waals surface area contributed by atoms with Gasteiger partial charge in [-0.25, -0.2) is 0 Å². The number of methoxy groups -OCH3 is 5. The summed E-state index contributed by atoms with van der Waals surface area (Å²) in [6.07, 6.45) is 1.54. The minimum Gasteiger partial charge on any atom is -0.497 e. The van der Waals surface area contributed by atoms with Crippen LogP contribution >= 0.6 is 0 Å². The number of aliphatic hydroxyl groups is 1. The van der Waals surface area contributed by atoms with Gasteiger partial charge in [-0.1, -0.05) is 19.1 Å². The fourth-order valence-electron chi connectivity index (χ4n) is 5.49. The van der Waals surface area contributed by atoms with Gasteiger partial charge in [-0.3, -0.25) is 24.6 Å². The molecule has 13 heteroatoms. The van der Waals surface area contributed by atoms with Crippen molar-refractivity contribution in [2.24, 2.45) is 0 Å². The van der Waals surface area contributed by atoms with Crippen LogP contribution in [0.15, 0.2) is 60.7 Å². The highest BCUT2D eigenvalue weighted by molar-refractivity contribution is 6.16. The van der Waals surface area contributed by atoms with Gasteiger partial charge in [0.1, 0.15) is 40.1 Å². The van der Waals surface area contributed by atoms with Crippen molar-refractivity contribution in [1.29, 1.82) is 0 Å². The second-order valence-electron chi connectivity index (χ2n) is 10.9. The Kier molecular flexibility index (Phi) is 10.8. The summed E-state index contributed by atoms with van der Waals surface area (Å²) < 4.78 is 26.1. The Balaban J connectivity index is 0.000000194. The lowest BCUT2D eigenvalue weighted by atomic mass is 10.0. The number of nitrogens with one attached hydrogen (secondary N) is 2. The quantitative estimate of drug-likeness (QED) is 0.110. The molecule has 0 bridgehead atoms. The van der Waals surface area contributed by atoms with Crippen molar-refractivity contribution in [3.05, 3.63) is 99.9 Å². The molecule has 0 radical (unpaired) electrons. The van der Waals surface area contributed by atoms with Crippen molar-refractivity contribution >= 4 is 39.7 Å². The monoisotopic (exact) mass is 680 g/mol. The lowest BCUT2D eigenvalue weighted by Gasteiger charge is -2.13. The molecule has 6 rings (SSSR count). The van der Waals surface area contributed by atoms with E-state index in [0.29, 0.717) is 56.8 Å². The molecule has 0 spiro atoms. The van der Waals surface area contributed by atoms with Crippen LogP contribution in [0.3, 0.4) is 0 Å². The van der Waals surface area contributed by atoms with Crippen molar-refractivity contribution in [1.82, 2.24) is 20.4 Å². The van der Waals surface area contributed by atoms with E-state index in [1.165, 1.54) is 46.1 Å². The Labute approximate surface area is 287 Å². The number of carbonyl (C=O) groups is 3. The van der Waals surface area contributed by atoms with Crippen LogP contribution in [0.1, 0.15) is 60.5 Å². The summed E-state index contributed by atoms with van der Waals surface area (Å²) in [6, 6.07) is 17.4. The Morgan fingerprint density at radius 2 is 1.16 bits per heavy atom. The first-order valence-corrected chi connectivity index (χ1v) is 15.4. The lowest BCUT2D eigenvalue weighted by molar-refractivity contribution is 0.102. The maximum atomic E-state index is 13.0. The molecule has 6 aromatic rings. The largest absolute Gasteiger partial charge is 0.497 e. The summed E-state index contributed by atoms with van der Waals surface area (Å²) in [5.41, 5.74) is 4.74. The van der Waals surface area contributed by atoms with Gasteiger partial charge in [0, 0.05) is 28.0 Å². The molecule has 13 nitrogen and oxygen atoms in total. The third-order valence-corrected chi connectivity index (χ3v) is 8.19. The molecule has 0 atom stereocenters. The predicted octanol–water partition coefficient (Wildman–Crippen LogP) is 5.50. The molecule has 258 valence electrons. The van der Waals surface area contributed by atoms with E-state index in [1.54, 1.807) is 37.4 Å². The standard InChI is InChI=1S/C19H20N2O4.C18H16N2O5/c1-4-11-5-6-13-15(7-11)20-21-18(13)19(23)12-8-16(24-2)14(10-22)17(9-12)25-3;1-23-11-4-5-12-14(8-11)19-20-17(12)18(22)10-6-15(24-2)13(9-21)16(7-10)25-3/h5-9,22H,4,10H2,1-3H3,(H,20,21);4-9H,1-3H3,(H,19,20). The van der Waals surface area contributed by atoms with Crippen LogP contribution in [0, 0.1) is 0 Å². The van der Waals surface area contributed by atoms with E-state index in [4.69, 9.17) is 23.7 Å². The molecule has 0 fully saturated rings. The highest BCUT2D eigenvalue weighted by Crippen LogP contribution is 2.33. The number of aromatic nitrogens is 4. The Bertz CT molecular complexity index is 2150. The minimum absolute atomic E-state index is 0.239. The first-order chi connectivity index (χ1) is 24.2. The zero-order valence-electron chi connectivity index (χ0n) is 28.4. The summed E-state index contributed by atoms with van der Waals surface area (Å²) in [5, 5.41) is 25.0. The molecule has 0 aliphatic carbocycles. The van der Waals surface area contributed by atoms with E-state index in [1.807, 2.05) is 18.2 Å². The molecule has 4 aromatic carbocycles. The van der Waals surface area contributed by atoms with Gasteiger partial charge >= 0.3 is 0 Å². The number of hydrogen-bond acceptors (Lipinski definition) is 11. The number of benzene rings is 4. The van der Waals surface area contributed by atoms with Crippen molar-refractivity contribution in [3.8, 4) is 28.7 Å². The Morgan fingerprint density at radius 1 is 0.680 bits per heavy atom. The van der Waals surface area contributed by atoms with Crippen molar-refractivity contribution in [3.63, 3.8) is 0 Å². The van der Waals surface area contributed by atoms with Gasteiger partial charge in [-0.15, -0.1) is 0 Å². The Morgan fingerprint density at radius 3 is 1.60 bits per heavy atom. The molecule has 0 aliphatic heterocycles. The number of aromatic amines is 2. The molecule has 50 heavy (non-hydrogen) atoms. The molecule has 0 aliphatic rings. The third-order valence-electron chi connectivity index (χ3n) is 8.19. The molecular formula is C37H36N4O9. The first-order valence-electron chi connectivity index (χ1n) is 15.4. The average molecular weight is 681 g/mol. The highest BCUT2D eigenvalue weighted by atomic mass is 16.5. The SMILES string of the molecule is CCc1ccc2c(C(=O)c3cc(OC)c(CO)c(OC)c3)n[nH]c2c1.COc1ccc2c(C(=O)c3cc(OC)c(C=O)c(OC)c3)n[nH]c2c1. The number of aldehydes is 1. The molecule has 3 N–H and O–H groups in total. The smallest absolute Gasteiger partial charge is 0.214 e. The van der Waals surface area contributed by atoms with Crippen LogP contribution in [0.2, 0.25) is 0 Å². The van der Waals surface area contributed by atoms with Crippen LogP contribution in [-0.2, 0) is 13.0 Å². The number of aryl methyl sites for hydroxylation is 1. The van der Waals surface area contributed by atoms with Gasteiger partial charge in [-0.05, 0) is 54.4 Å². The minimum atomic E-state index is -0.314. The lowest BCUT2D eigenvalue weighted by Crippen LogP contribution is -2.06.